The number of ketones is 1. The summed E-state index contributed by atoms with van der Waals surface area (Å²) >= 11 is 5.99. The first-order chi connectivity index (χ1) is 16.2. The molecule has 2 heterocycles. The number of halogens is 3. The fourth-order valence-electron chi connectivity index (χ4n) is 3.99. The molecule has 3 aromatic carbocycles. The molecule has 1 unspecified atom stereocenters. The number of hydrogen-bond donors (Lipinski definition) is 2. The zero-order valence-electron chi connectivity index (χ0n) is 17.1. The zero-order valence-corrected chi connectivity index (χ0v) is 17.9. The molecule has 1 aromatic heterocycles. The second-order valence-corrected chi connectivity index (χ2v) is 8.09. The normalized spacial score (nSPS) is 16.0. The molecule has 5 rings (SSSR count). The molecular weight excluding hydrogens is 468 g/mol. The van der Waals surface area contributed by atoms with E-state index in [1.54, 1.807) is 18.2 Å². The van der Waals surface area contributed by atoms with Crippen molar-refractivity contribution in [1.29, 1.82) is 0 Å². The molecule has 0 bridgehead atoms. The molecule has 0 saturated heterocycles. The van der Waals surface area contributed by atoms with Crippen molar-refractivity contribution in [2.45, 2.75) is 6.04 Å². The molecule has 170 valence electrons. The lowest BCUT2D eigenvalue weighted by Crippen LogP contribution is -2.31. The Morgan fingerprint density at radius 3 is 2.44 bits per heavy atom. The highest BCUT2D eigenvalue weighted by Gasteiger charge is 2.46. The minimum atomic E-state index is -1.33. The molecule has 0 saturated carbocycles. The van der Waals surface area contributed by atoms with Crippen LogP contribution in [-0.4, -0.2) is 21.9 Å². The summed E-state index contributed by atoms with van der Waals surface area (Å²) in [6.45, 7) is 0. The molecule has 0 radical (unpaired) electrons. The van der Waals surface area contributed by atoms with Crippen molar-refractivity contribution in [3.05, 3.63) is 106 Å². The summed E-state index contributed by atoms with van der Waals surface area (Å²) in [4.78, 5) is 27.4. The van der Waals surface area contributed by atoms with E-state index in [-0.39, 0.29) is 22.6 Å². The van der Waals surface area contributed by atoms with E-state index in [1.807, 2.05) is 0 Å². The average molecular weight is 482 g/mol. The second kappa shape index (κ2) is 8.00. The number of carbonyl (C=O) groups is 2. The Kier molecular flexibility index (Phi) is 5.10. The van der Waals surface area contributed by atoms with Crippen LogP contribution in [0, 0.1) is 11.6 Å². The largest absolute Gasteiger partial charge is 0.508 e. The van der Waals surface area contributed by atoms with Crippen molar-refractivity contribution >= 4 is 39.9 Å². The van der Waals surface area contributed by atoms with Gasteiger partial charge in [-0.05, 0) is 54.1 Å². The lowest BCUT2D eigenvalue weighted by Gasteiger charge is -2.27. The lowest BCUT2D eigenvalue weighted by atomic mass is 9.94. The van der Waals surface area contributed by atoms with Gasteiger partial charge in [-0.25, -0.2) is 8.78 Å². The standard InChI is InChI=1S/C25H14ClF2NO5/c26-14-3-8-19-13(9-14)10-20(34-19)23(31)21-22(12-1-5-16(30)6-2-12)29(25(33)24(21)32)18-11-15(27)4-7-17(18)28/h1-11,22,30,32H. The first-order valence-corrected chi connectivity index (χ1v) is 10.4. The number of aliphatic hydroxyl groups is 1. The summed E-state index contributed by atoms with van der Waals surface area (Å²) in [5.74, 6) is -4.87. The molecule has 9 heteroatoms. The molecule has 1 aliphatic rings. The quantitative estimate of drug-likeness (QED) is 0.357. The van der Waals surface area contributed by atoms with E-state index in [0.29, 0.717) is 16.0 Å². The Balaban J connectivity index is 1.68. The SMILES string of the molecule is O=C(C1=C(O)C(=O)N(c2cc(F)ccc2F)C1c1ccc(O)cc1)c1cc2cc(Cl)ccc2o1. The van der Waals surface area contributed by atoms with Crippen LogP contribution in [-0.2, 0) is 4.79 Å². The highest BCUT2D eigenvalue weighted by molar-refractivity contribution is 6.31. The third-order valence-corrected chi connectivity index (χ3v) is 5.77. The predicted octanol–water partition coefficient (Wildman–Crippen LogP) is 5.85. The van der Waals surface area contributed by atoms with E-state index in [9.17, 15) is 28.6 Å². The van der Waals surface area contributed by atoms with E-state index in [1.165, 1.54) is 30.3 Å². The summed E-state index contributed by atoms with van der Waals surface area (Å²) in [6, 6.07) is 12.7. The van der Waals surface area contributed by atoms with E-state index in [2.05, 4.69) is 0 Å². The van der Waals surface area contributed by atoms with Gasteiger partial charge < -0.3 is 14.6 Å². The van der Waals surface area contributed by atoms with Crippen LogP contribution in [0.5, 0.6) is 5.75 Å². The van der Waals surface area contributed by atoms with Gasteiger partial charge in [0.1, 0.15) is 23.0 Å². The number of anilines is 1. The number of phenols is 1. The third-order valence-electron chi connectivity index (χ3n) is 5.53. The number of amides is 1. The summed E-state index contributed by atoms with van der Waals surface area (Å²) in [6.07, 6.45) is 0. The number of rotatable bonds is 4. The minimum Gasteiger partial charge on any atom is -0.508 e. The van der Waals surface area contributed by atoms with Crippen LogP contribution in [0.2, 0.25) is 5.02 Å². The number of nitrogens with zero attached hydrogens (tertiary/aromatic N) is 1. The highest BCUT2D eigenvalue weighted by Crippen LogP contribution is 2.43. The van der Waals surface area contributed by atoms with Crippen LogP contribution in [0.3, 0.4) is 0 Å². The number of benzene rings is 3. The summed E-state index contributed by atoms with van der Waals surface area (Å²) in [5.41, 5.74) is -0.230. The topological polar surface area (TPSA) is 91.0 Å². The van der Waals surface area contributed by atoms with Crippen LogP contribution < -0.4 is 4.90 Å². The number of aliphatic hydroxyl groups excluding tert-OH is 1. The molecule has 6 nitrogen and oxygen atoms in total. The maximum atomic E-state index is 14.7. The number of carbonyl (C=O) groups excluding carboxylic acids is 2. The smallest absolute Gasteiger partial charge is 0.294 e. The Hall–Kier alpha value is -4.17. The second-order valence-electron chi connectivity index (χ2n) is 7.65. The Morgan fingerprint density at radius 2 is 1.71 bits per heavy atom. The van der Waals surface area contributed by atoms with E-state index in [4.69, 9.17) is 16.0 Å². The number of aromatic hydroxyl groups is 1. The average Bonchev–Trinajstić information content (AvgIpc) is 3.34. The third kappa shape index (κ3) is 3.48. The van der Waals surface area contributed by atoms with Gasteiger partial charge in [0, 0.05) is 16.5 Å². The van der Waals surface area contributed by atoms with Gasteiger partial charge in [-0.2, -0.15) is 0 Å². The van der Waals surface area contributed by atoms with Gasteiger partial charge in [0.25, 0.3) is 5.91 Å². The van der Waals surface area contributed by atoms with Crippen molar-refractivity contribution < 1.29 is 33.0 Å². The van der Waals surface area contributed by atoms with Crippen LogP contribution in [0.25, 0.3) is 11.0 Å². The van der Waals surface area contributed by atoms with Gasteiger partial charge in [-0.15, -0.1) is 0 Å². The number of phenolic OH excluding ortho intramolecular Hbond substituents is 1. The van der Waals surface area contributed by atoms with Crippen LogP contribution >= 0.6 is 11.6 Å². The molecule has 0 spiro atoms. The Labute approximate surface area is 195 Å². The highest BCUT2D eigenvalue weighted by atomic mass is 35.5. The van der Waals surface area contributed by atoms with Crippen molar-refractivity contribution in [1.82, 2.24) is 0 Å². The maximum absolute atomic E-state index is 14.7. The van der Waals surface area contributed by atoms with Gasteiger partial charge in [-0.3, -0.25) is 14.5 Å². The van der Waals surface area contributed by atoms with Crippen molar-refractivity contribution in [3.63, 3.8) is 0 Å². The Morgan fingerprint density at radius 1 is 0.971 bits per heavy atom. The minimum absolute atomic E-state index is 0.0909. The van der Waals surface area contributed by atoms with Crippen molar-refractivity contribution in [2.24, 2.45) is 0 Å². The summed E-state index contributed by atoms with van der Waals surface area (Å²) in [5, 5.41) is 21.3. The fraction of sp³-hybridized carbons (Fsp3) is 0.0400. The molecule has 4 aromatic rings. The van der Waals surface area contributed by atoms with Gasteiger partial charge in [-0.1, -0.05) is 23.7 Å². The number of fused-ring (bicyclic) bond motifs is 1. The molecule has 0 fully saturated rings. The molecule has 2 N–H and O–H groups in total. The number of furan rings is 1. The van der Waals surface area contributed by atoms with Gasteiger partial charge in [0.05, 0.1) is 17.3 Å². The van der Waals surface area contributed by atoms with Gasteiger partial charge in [0.2, 0.25) is 5.78 Å². The maximum Gasteiger partial charge on any atom is 0.294 e. The molecule has 1 atom stereocenters. The van der Waals surface area contributed by atoms with Crippen LogP contribution in [0.4, 0.5) is 14.5 Å². The van der Waals surface area contributed by atoms with Gasteiger partial charge >= 0.3 is 0 Å². The first-order valence-electron chi connectivity index (χ1n) is 9.99. The van der Waals surface area contributed by atoms with Crippen molar-refractivity contribution in [3.8, 4) is 5.75 Å². The van der Waals surface area contributed by atoms with Crippen LogP contribution in [0.15, 0.2) is 82.5 Å². The van der Waals surface area contributed by atoms with E-state index < -0.39 is 40.8 Å². The molecule has 34 heavy (non-hydrogen) atoms. The van der Waals surface area contributed by atoms with E-state index in [0.717, 1.165) is 23.1 Å². The number of hydrogen-bond acceptors (Lipinski definition) is 5. The molecular formula is C25H14ClF2NO5. The monoisotopic (exact) mass is 481 g/mol. The lowest BCUT2D eigenvalue weighted by molar-refractivity contribution is -0.117. The predicted molar refractivity (Wildman–Crippen MR) is 120 cm³/mol. The first kappa shape index (κ1) is 21.7. The summed E-state index contributed by atoms with van der Waals surface area (Å²) < 4.78 is 34.3. The van der Waals surface area contributed by atoms with E-state index >= 15 is 0 Å². The van der Waals surface area contributed by atoms with Crippen LogP contribution in [0.1, 0.15) is 22.2 Å². The summed E-state index contributed by atoms with van der Waals surface area (Å²) in [7, 11) is 0. The zero-order chi connectivity index (χ0) is 24.1. The fourth-order valence-corrected chi connectivity index (χ4v) is 4.17. The molecule has 0 aliphatic carbocycles. The van der Waals surface area contributed by atoms with Gasteiger partial charge in [0.15, 0.2) is 11.5 Å². The van der Waals surface area contributed by atoms with Crippen molar-refractivity contribution in [2.75, 3.05) is 4.90 Å². The number of Topliss-reactive ketones (excluding diaryl/α,β-unsaturated/α-hetero) is 1. The Bertz CT molecular complexity index is 1510. The molecule has 1 aliphatic heterocycles. The molecule has 1 amide bonds.